The van der Waals surface area contributed by atoms with Crippen molar-refractivity contribution < 1.29 is 4.39 Å². The Balaban J connectivity index is 1.26. The lowest BCUT2D eigenvalue weighted by Gasteiger charge is -2.42. The van der Waals surface area contributed by atoms with Gasteiger partial charge < -0.3 is 9.80 Å². The number of hydrogen-bond donors (Lipinski definition) is 0. The first-order valence-corrected chi connectivity index (χ1v) is 11.3. The van der Waals surface area contributed by atoms with Gasteiger partial charge in [0.25, 0.3) is 0 Å². The van der Waals surface area contributed by atoms with E-state index in [1.807, 2.05) is 16.8 Å². The Morgan fingerprint density at radius 2 is 1.48 bits per heavy atom. The van der Waals surface area contributed by atoms with E-state index in [9.17, 15) is 4.39 Å². The van der Waals surface area contributed by atoms with Crippen LogP contribution >= 0.6 is 0 Å². The minimum atomic E-state index is -0.232. The highest BCUT2D eigenvalue weighted by atomic mass is 19.1. The smallest absolute Gasteiger partial charge is 0.132 e. The summed E-state index contributed by atoms with van der Waals surface area (Å²) in [5, 5.41) is 4.44. The molecule has 2 aliphatic heterocycles. The minimum absolute atomic E-state index is 0.232. The Morgan fingerprint density at radius 3 is 2.19 bits per heavy atom. The molecule has 2 saturated heterocycles. The molecule has 0 radical (unpaired) electrons. The minimum Gasteiger partial charge on any atom is -0.371 e. The van der Waals surface area contributed by atoms with Gasteiger partial charge in [0.05, 0.1) is 17.6 Å². The van der Waals surface area contributed by atoms with Crippen molar-refractivity contribution in [3.63, 3.8) is 0 Å². The summed E-state index contributed by atoms with van der Waals surface area (Å²) in [5.41, 5.74) is 3.52. The van der Waals surface area contributed by atoms with Gasteiger partial charge in [0, 0.05) is 56.6 Å². The number of rotatable bonds is 4. The van der Waals surface area contributed by atoms with Crippen LogP contribution in [0.3, 0.4) is 0 Å². The zero-order valence-electron chi connectivity index (χ0n) is 18.1. The van der Waals surface area contributed by atoms with E-state index >= 15 is 0 Å². The summed E-state index contributed by atoms with van der Waals surface area (Å²) in [6.45, 7) is 6.96. The summed E-state index contributed by atoms with van der Waals surface area (Å²) in [6.07, 6.45) is 4.17. The molecule has 0 unspecified atom stereocenters. The van der Waals surface area contributed by atoms with E-state index in [4.69, 9.17) is 0 Å². The SMILES string of the molecule is CN1CCN(C2CCN(c3ccc(-n4nccc4-c4ccccc4F)cc3)CC2)CC1. The van der Waals surface area contributed by atoms with Gasteiger partial charge in [0.2, 0.25) is 0 Å². The number of benzene rings is 2. The summed E-state index contributed by atoms with van der Waals surface area (Å²) in [4.78, 5) is 7.59. The van der Waals surface area contributed by atoms with Crippen LogP contribution in [0.15, 0.2) is 60.8 Å². The highest BCUT2D eigenvalue weighted by Crippen LogP contribution is 2.27. The number of piperidine rings is 1. The van der Waals surface area contributed by atoms with Gasteiger partial charge in [0.1, 0.15) is 5.82 Å². The summed E-state index contributed by atoms with van der Waals surface area (Å²) >= 11 is 0. The van der Waals surface area contributed by atoms with Crippen molar-refractivity contribution in [2.45, 2.75) is 18.9 Å². The second-order valence-electron chi connectivity index (χ2n) is 8.68. The Morgan fingerprint density at radius 1 is 0.806 bits per heavy atom. The highest BCUT2D eigenvalue weighted by molar-refractivity contribution is 5.63. The van der Waals surface area contributed by atoms with Gasteiger partial charge in [-0.1, -0.05) is 12.1 Å². The van der Waals surface area contributed by atoms with E-state index in [1.54, 1.807) is 18.3 Å². The van der Waals surface area contributed by atoms with Gasteiger partial charge in [-0.3, -0.25) is 4.90 Å². The number of anilines is 1. The van der Waals surface area contributed by atoms with Crippen LogP contribution in [0, 0.1) is 5.82 Å². The molecule has 0 amide bonds. The van der Waals surface area contributed by atoms with E-state index in [-0.39, 0.29) is 5.82 Å². The molecule has 0 atom stereocenters. The molecular weight excluding hydrogens is 389 g/mol. The van der Waals surface area contributed by atoms with Crippen molar-refractivity contribution in [3.8, 4) is 16.9 Å². The average Bonchev–Trinajstić information content (AvgIpc) is 3.30. The van der Waals surface area contributed by atoms with Crippen LogP contribution in [0.2, 0.25) is 0 Å². The van der Waals surface area contributed by atoms with Crippen molar-refractivity contribution in [1.29, 1.82) is 0 Å². The van der Waals surface area contributed by atoms with Crippen molar-refractivity contribution in [2.24, 2.45) is 0 Å². The first-order chi connectivity index (χ1) is 15.2. The van der Waals surface area contributed by atoms with E-state index < -0.39 is 0 Å². The van der Waals surface area contributed by atoms with Crippen LogP contribution in [-0.4, -0.2) is 71.9 Å². The maximum atomic E-state index is 14.3. The third kappa shape index (κ3) is 4.23. The van der Waals surface area contributed by atoms with Crippen molar-refractivity contribution in [2.75, 3.05) is 51.2 Å². The van der Waals surface area contributed by atoms with Crippen LogP contribution in [0.5, 0.6) is 0 Å². The molecule has 1 aromatic heterocycles. The molecule has 31 heavy (non-hydrogen) atoms. The molecular formula is C25H30FN5. The maximum absolute atomic E-state index is 14.3. The lowest BCUT2D eigenvalue weighted by molar-refractivity contribution is 0.0982. The summed E-state index contributed by atoms with van der Waals surface area (Å²) < 4.78 is 16.1. The molecule has 5 nitrogen and oxygen atoms in total. The molecule has 3 heterocycles. The van der Waals surface area contributed by atoms with Crippen molar-refractivity contribution >= 4 is 5.69 Å². The zero-order valence-corrected chi connectivity index (χ0v) is 18.1. The molecule has 0 bridgehead atoms. The van der Waals surface area contributed by atoms with E-state index in [2.05, 4.69) is 51.1 Å². The highest BCUT2D eigenvalue weighted by Gasteiger charge is 2.26. The van der Waals surface area contributed by atoms with Crippen LogP contribution in [-0.2, 0) is 0 Å². The fourth-order valence-corrected chi connectivity index (χ4v) is 4.86. The summed E-state index contributed by atoms with van der Waals surface area (Å²) in [6, 6.07) is 17.9. The molecule has 3 aromatic rings. The van der Waals surface area contributed by atoms with Crippen LogP contribution in [0.25, 0.3) is 16.9 Å². The second-order valence-corrected chi connectivity index (χ2v) is 8.68. The maximum Gasteiger partial charge on any atom is 0.132 e. The lowest BCUT2D eigenvalue weighted by atomic mass is 10.0. The van der Waals surface area contributed by atoms with E-state index in [1.165, 1.54) is 50.8 Å². The lowest BCUT2D eigenvalue weighted by Crippen LogP contribution is -2.52. The quantitative estimate of drug-likeness (QED) is 0.641. The number of likely N-dealkylation sites (N-methyl/N-ethyl adjacent to an activating group) is 1. The van der Waals surface area contributed by atoms with E-state index in [0.717, 1.165) is 30.5 Å². The Kier molecular flexibility index (Phi) is 5.74. The van der Waals surface area contributed by atoms with Gasteiger partial charge in [-0.25, -0.2) is 9.07 Å². The fourth-order valence-electron chi connectivity index (χ4n) is 4.86. The zero-order chi connectivity index (χ0) is 21.2. The van der Waals surface area contributed by atoms with Crippen LogP contribution in [0.1, 0.15) is 12.8 Å². The molecule has 0 saturated carbocycles. The number of aromatic nitrogens is 2. The van der Waals surface area contributed by atoms with Crippen LogP contribution in [0.4, 0.5) is 10.1 Å². The number of nitrogens with zero attached hydrogens (tertiary/aromatic N) is 5. The number of hydrogen-bond acceptors (Lipinski definition) is 4. The molecule has 0 spiro atoms. The normalized spacial score (nSPS) is 19.1. The number of piperazine rings is 1. The monoisotopic (exact) mass is 419 g/mol. The molecule has 5 rings (SSSR count). The Hall–Kier alpha value is -2.70. The molecule has 0 aliphatic carbocycles. The van der Waals surface area contributed by atoms with Gasteiger partial charge in [-0.15, -0.1) is 0 Å². The molecule has 0 N–H and O–H groups in total. The molecule has 2 fully saturated rings. The summed E-state index contributed by atoms with van der Waals surface area (Å²) in [5.74, 6) is -0.232. The number of halogens is 1. The summed E-state index contributed by atoms with van der Waals surface area (Å²) in [7, 11) is 2.21. The third-order valence-electron chi connectivity index (χ3n) is 6.77. The molecule has 162 valence electrons. The van der Waals surface area contributed by atoms with Crippen molar-refractivity contribution in [1.82, 2.24) is 19.6 Å². The Labute approximate surface area is 183 Å². The van der Waals surface area contributed by atoms with Gasteiger partial charge in [0.15, 0.2) is 0 Å². The van der Waals surface area contributed by atoms with Crippen molar-refractivity contribution in [3.05, 3.63) is 66.6 Å². The molecule has 2 aromatic carbocycles. The first kappa shape index (κ1) is 20.2. The predicted molar refractivity (Wildman–Crippen MR) is 123 cm³/mol. The van der Waals surface area contributed by atoms with Crippen LogP contribution < -0.4 is 4.90 Å². The standard InChI is InChI=1S/C25H30FN5/c1-28-16-18-30(19-17-28)21-11-14-29(15-12-21)20-6-8-22(9-7-20)31-25(10-13-27-31)23-4-2-3-5-24(23)26/h2-10,13,21H,11-12,14-19H2,1H3. The second kappa shape index (κ2) is 8.81. The fraction of sp³-hybridized carbons (Fsp3) is 0.400. The average molecular weight is 420 g/mol. The first-order valence-electron chi connectivity index (χ1n) is 11.3. The van der Waals surface area contributed by atoms with Gasteiger partial charge in [-0.2, -0.15) is 5.10 Å². The Bertz CT molecular complexity index is 999. The van der Waals surface area contributed by atoms with E-state index in [0.29, 0.717) is 5.56 Å². The topological polar surface area (TPSA) is 27.5 Å². The molecule has 2 aliphatic rings. The van der Waals surface area contributed by atoms with Gasteiger partial charge in [-0.05, 0) is 62.4 Å². The third-order valence-corrected chi connectivity index (χ3v) is 6.77. The largest absolute Gasteiger partial charge is 0.371 e. The van der Waals surface area contributed by atoms with Gasteiger partial charge >= 0.3 is 0 Å². The predicted octanol–water partition coefficient (Wildman–Crippen LogP) is 3.89. The molecule has 6 heteroatoms.